The van der Waals surface area contributed by atoms with Crippen molar-refractivity contribution in [3.05, 3.63) is 59.2 Å². The van der Waals surface area contributed by atoms with E-state index in [0.717, 1.165) is 50.3 Å². The van der Waals surface area contributed by atoms with Gasteiger partial charge in [-0.05, 0) is 74.2 Å². The van der Waals surface area contributed by atoms with Gasteiger partial charge in [-0.1, -0.05) is 25.3 Å². The first-order chi connectivity index (χ1) is 16.3. The zero-order valence-corrected chi connectivity index (χ0v) is 20.9. The van der Waals surface area contributed by atoms with E-state index in [4.69, 9.17) is 4.74 Å². The molecule has 1 aliphatic heterocycles. The molecule has 1 saturated heterocycles. The van der Waals surface area contributed by atoms with E-state index >= 15 is 0 Å². The number of hydrogen-bond acceptors (Lipinski definition) is 5. The number of morpholine rings is 1. The van der Waals surface area contributed by atoms with Gasteiger partial charge in [-0.15, -0.1) is 0 Å². The second-order valence-corrected chi connectivity index (χ2v) is 11.2. The first-order valence-electron chi connectivity index (χ1n) is 12.1. The van der Waals surface area contributed by atoms with Gasteiger partial charge < -0.3 is 10.1 Å². The molecule has 4 rings (SSSR count). The van der Waals surface area contributed by atoms with Crippen molar-refractivity contribution in [1.29, 1.82) is 0 Å². The van der Waals surface area contributed by atoms with E-state index < -0.39 is 10.0 Å². The molecule has 1 aliphatic carbocycles. The summed E-state index contributed by atoms with van der Waals surface area (Å²) in [4.78, 5) is 15.6. The Morgan fingerprint density at radius 1 is 0.971 bits per heavy atom. The van der Waals surface area contributed by atoms with Gasteiger partial charge >= 0.3 is 0 Å². The molecule has 0 unspecified atom stereocenters. The predicted molar refractivity (Wildman–Crippen MR) is 134 cm³/mol. The van der Waals surface area contributed by atoms with Crippen LogP contribution in [0, 0.1) is 13.8 Å². The number of amides is 1. The van der Waals surface area contributed by atoms with Gasteiger partial charge in [0.2, 0.25) is 0 Å². The molecular formula is C26H35N3O4S. The molecule has 34 heavy (non-hydrogen) atoms. The van der Waals surface area contributed by atoms with Crippen molar-refractivity contribution in [2.75, 3.05) is 37.6 Å². The molecule has 2 N–H and O–H groups in total. The van der Waals surface area contributed by atoms with E-state index in [2.05, 4.69) is 14.9 Å². The van der Waals surface area contributed by atoms with Gasteiger partial charge in [0.25, 0.3) is 15.9 Å². The molecule has 0 atom stereocenters. The van der Waals surface area contributed by atoms with Crippen LogP contribution in [-0.4, -0.2) is 57.6 Å². The molecule has 0 spiro atoms. The minimum atomic E-state index is -3.70. The Balaban J connectivity index is 1.40. The monoisotopic (exact) mass is 485 g/mol. The Bertz CT molecular complexity index is 1100. The van der Waals surface area contributed by atoms with Crippen LogP contribution in [0.25, 0.3) is 0 Å². The number of nitrogens with one attached hydrogen (secondary N) is 2. The summed E-state index contributed by atoms with van der Waals surface area (Å²) >= 11 is 0. The van der Waals surface area contributed by atoms with E-state index in [1.54, 1.807) is 42.5 Å². The van der Waals surface area contributed by atoms with Gasteiger partial charge in [-0.3, -0.25) is 14.4 Å². The van der Waals surface area contributed by atoms with Crippen molar-refractivity contribution in [3.63, 3.8) is 0 Å². The number of ether oxygens (including phenoxy) is 1. The van der Waals surface area contributed by atoms with Crippen LogP contribution >= 0.6 is 0 Å². The van der Waals surface area contributed by atoms with Crippen molar-refractivity contribution in [2.24, 2.45) is 0 Å². The van der Waals surface area contributed by atoms with Crippen molar-refractivity contribution < 1.29 is 17.9 Å². The lowest BCUT2D eigenvalue weighted by atomic mass is 9.79. The smallest absolute Gasteiger partial charge is 0.261 e. The van der Waals surface area contributed by atoms with E-state index in [-0.39, 0.29) is 16.3 Å². The Hall–Kier alpha value is -2.42. The second-order valence-electron chi connectivity index (χ2n) is 9.50. The third kappa shape index (κ3) is 5.62. The van der Waals surface area contributed by atoms with Crippen molar-refractivity contribution in [2.45, 2.75) is 56.4 Å². The zero-order valence-electron chi connectivity index (χ0n) is 20.1. The highest BCUT2D eigenvalue weighted by atomic mass is 32.2. The first kappa shape index (κ1) is 24.7. The quantitative estimate of drug-likeness (QED) is 0.622. The van der Waals surface area contributed by atoms with E-state index in [0.29, 0.717) is 17.8 Å². The minimum Gasteiger partial charge on any atom is -0.379 e. The summed E-state index contributed by atoms with van der Waals surface area (Å²) in [6.45, 7) is 7.76. The van der Waals surface area contributed by atoms with Gasteiger partial charge in [-0.25, -0.2) is 8.42 Å². The fourth-order valence-corrected chi connectivity index (χ4v) is 6.13. The number of rotatable bonds is 7. The molecule has 2 aliphatic rings. The summed E-state index contributed by atoms with van der Waals surface area (Å²) in [6, 6.07) is 11.6. The lowest BCUT2D eigenvalue weighted by Gasteiger charge is -2.48. The highest BCUT2D eigenvalue weighted by Gasteiger charge is 2.38. The van der Waals surface area contributed by atoms with Crippen molar-refractivity contribution in [1.82, 2.24) is 10.2 Å². The Morgan fingerprint density at radius 3 is 2.29 bits per heavy atom. The van der Waals surface area contributed by atoms with Crippen LogP contribution in [0.5, 0.6) is 0 Å². The average Bonchev–Trinajstić information content (AvgIpc) is 2.85. The molecule has 1 saturated carbocycles. The molecule has 1 heterocycles. The summed E-state index contributed by atoms with van der Waals surface area (Å²) in [7, 11) is -3.70. The number of sulfonamides is 1. The first-order valence-corrected chi connectivity index (χ1v) is 13.6. The maximum atomic E-state index is 12.9. The van der Waals surface area contributed by atoms with Gasteiger partial charge in [0.05, 0.1) is 18.1 Å². The molecule has 1 amide bonds. The SMILES string of the molecule is Cc1ccc(S(=O)(=O)Nc2ccc(C(=O)NCC3(N4CCOCC4)CCCCC3)cc2)cc1C. The molecule has 0 radical (unpaired) electrons. The van der Waals surface area contributed by atoms with E-state index in [9.17, 15) is 13.2 Å². The largest absolute Gasteiger partial charge is 0.379 e. The number of benzene rings is 2. The van der Waals surface area contributed by atoms with Crippen LogP contribution in [0.2, 0.25) is 0 Å². The maximum Gasteiger partial charge on any atom is 0.261 e. The van der Waals surface area contributed by atoms with Crippen LogP contribution in [0.15, 0.2) is 47.4 Å². The number of anilines is 1. The molecule has 8 heteroatoms. The number of hydrogen-bond donors (Lipinski definition) is 2. The second kappa shape index (κ2) is 10.5. The Labute approximate surface area is 202 Å². The lowest BCUT2D eigenvalue weighted by Crippen LogP contribution is -2.59. The molecule has 2 fully saturated rings. The van der Waals surface area contributed by atoms with Crippen LogP contribution in [0.4, 0.5) is 5.69 Å². The number of carbonyl (C=O) groups excluding carboxylic acids is 1. The highest BCUT2D eigenvalue weighted by Crippen LogP contribution is 2.34. The minimum absolute atomic E-state index is 0.000562. The van der Waals surface area contributed by atoms with Crippen molar-refractivity contribution >= 4 is 21.6 Å². The predicted octanol–water partition coefficient (Wildman–Crippen LogP) is 3.87. The summed E-state index contributed by atoms with van der Waals surface area (Å²) < 4.78 is 33.6. The third-order valence-corrected chi connectivity index (χ3v) is 8.61. The lowest BCUT2D eigenvalue weighted by molar-refractivity contribution is -0.0361. The normalized spacial score (nSPS) is 18.9. The summed E-state index contributed by atoms with van der Waals surface area (Å²) in [5.74, 6) is -0.137. The molecule has 184 valence electrons. The number of aryl methyl sites for hydroxylation is 2. The van der Waals surface area contributed by atoms with Gasteiger partial charge in [0, 0.05) is 36.4 Å². The molecule has 2 aromatic rings. The van der Waals surface area contributed by atoms with Crippen LogP contribution in [0.1, 0.15) is 53.6 Å². The fourth-order valence-electron chi connectivity index (χ4n) is 4.98. The van der Waals surface area contributed by atoms with Gasteiger partial charge in [0.15, 0.2) is 0 Å². The molecular weight excluding hydrogens is 450 g/mol. The third-order valence-electron chi connectivity index (χ3n) is 7.23. The number of carbonyl (C=O) groups is 1. The summed E-state index contributed by atoms with van der Waals surface area (Å²) in [5, 5.41) is 3.15. The highest BCUT2D eigenvalue weighted by molar-refractivity contribution is 7.92. The van der Waals surface area contributed by atoms with Crippen LogP contribution in [0.3, 0.4) is 0 Å². The molecule has 2 aromatic carbocycles. The van der Waals surface area contributed by atoms with E-state index in [1.165, 1.54) is 19.3 Å². The van der Waals surface area contributed by atoms with Gasteiger partial charge in [-0.2, -0.15) is 0 Å². The maximum absolute atomic E-state index is 12.9. The van der Waals surface area contributed by atoms with Crippen molar-refractivity contribution in [3.8, 4) is 0 Å². The molecule has 0 aromatic heterocycles. The topological polar surface area (TPSA) is 87.7 Å². The fraction of sp³-hybridized carbons (Fsp3) is 0.500. The summed E-state index contributed by atoms with van der Waals surface area (Å²) in [6.07, 6.45) is 5.80. The number of nitrogens with zero attached hydrogens (tertiary/aromatic N) is 1. The van der Waals surface area contributed by atoms with Crippen LogP contribution < -0.4 is 10.0 Å². The van der Waals surface area contributed by atoms with Crippen LogP contribution in [-0.2, 0) is 14.8 Å². The standard InChI is InChI=1S/C26H35N3O4S/c1-20-6-11-24(18-21(20)2)34(31,32)28-23-9-7-22(8-10-23)25(30)27-19-26(12-4-3-5-13-26)29-14-16-33-17-15-29/h6-11,18,28H,3-5,12-17,19H2,1-2H3,(H,27,30). The average molecular weight is 486 g/mol. The zero-order chi connectivity index (χ0) is 24.2. The van der Waals surface area contributed by atoms with Gasteiger partial charge in [0.1, 0.15) is 0 Å². The summed E-state index contributed by atoms with van der Waals surface area (Å²) in [5.41, 5.74) is 2.90. The Kier molecular flexibility index (Phi) is 7.60. The van der Waals surface area contributed by atoms with E-state index in [1.807, 2.05) is 13.8 Å². The molecule has 7 nitrogen and oxygen atoms in total. The molecule has 0 bridgehead atoms. The Morgan fingerprint density at radius 2 is 1.65 bits per heavy atom.